The van der Waals surface area contributed by atoms with Crippen molar-refractivity contribution in [3.05, 3.63) is 76.3 Å². The van der Waals surface area contributed by atoms with E-state index in [0.717, 1.165) is 11.1 Å². The summed E-state index contributed by atoms with van der Waals surface area (Å²) in [6.45, 7) is 16.7. The van der Waals surface area contributed by atoms with Gasteiger partial charge >= 0.3 is 11.9 Å². The molecule has 0 unspecified atom stereocenters. The molecule has 8 atom stereocenters. The van der Waals surface area contributed by atoms with Crippen LogP contribution in [-0.2, 0) is 89.2 Å². The summed E-state index contributed by atoms with van der Waals surface area (Å²) in [6, 6.07) is 10.7. The molecule has 2 aliphatic rings. The summed E-state index contributed by atoms with van der Waals surface area (Å²) in [5.74, 6) is -4.99. The lowest BCUT2D eigenvalue weighted by molar-refractivity contribution is -0.179. The van der Waals surface area contributed by atoms with Crippen molar-refractivity contribution < 1.29 is 81.0 Å². The Hall–Kier alpha value is -6.10. The van der Waals surface area contributed by atoms with Crippen LogP contribution in [0.1, 0.15) is 136 Å². The minimum atomic E-state index is -1.29. The minimum Gasteiger partial charge on any atom is -0.495 e. The molecule has 0 bridgehead atoms. The maximum absolute atomic E-state index is 14.1. The third-order valence-electron chi connectivity index (χ3n) is 14.9. The van der Waals surface area contributed by atoms with Gasteiger partial charge in [-0.1, -0.05) is 82.6 Å². The van der Waals surface area contributed by atoms with Gasteiger partial charge in [-0.2, -0.15) is 0 Å². The Morgan fingerprint density at radius 2 is 1.45 bits per heavy atom. The smallest absolute Gasteiger partial charge is 0.347 e. The van der Waals surface area contributed by atoms with Crippen molar-refractivity contribution in [3.63, 3.8) is 0 Å². The number of epoxide rings is 1. The number of amides is 4. The molecule has 0 aromatic heterocycles. The number of aryl methyl sites for hydroxylation is 1. The van der Waals surface area contributed by atoms with Gasteiger partial charge in [0.15, 0.2) is 11.9 Å². The van der Waals surface area contributed by atoms with Crippen LogP contribution in [0.15, 0.2) is 54.6 Å². The predicted molar refractivity (Wildman–Crippen MR) is 321 cm³/mol. The van der Waals surface area contributed by atoms with Gasteiger partial charge in [0, 0.05) is 77.0 Å². The molecule has 21 nitrogen and oxygen atoms in total. The lowest BCUT2D eigenvalue weighted by Crippen LogP contribution is -2.51. The highest BCUT2D eigenvalue weighted by atomic mass is 35.5. The van der Waals surface area contributed by atoms with E-state index in [1.807, 2.05) is 45.0 Å². The van der Waals surface area contributed by atoms with Crippen LogP contribution in [0, 0.1) is 29.1 Å². The fourth-order valence-corrected chi connectivity index (χ4v) is 9.90. The molecule has 478 valence electrons. The molecule has 4 N–H and O–H groups in total. The standard InChI is InChI=1S/C64H93ClN4O17/c1-40(2)35-54-62(77)84-52(14-12-16-56(74)68-49(37-45-20-25-53(80-10)48(65)36-45)61(76)67-39-64(7,8)63(78)85-54)43(6)59-60(86-59)46-21-17-44(18-22-46)19-24-50(71)47(38-51(72)58(41(3)4)69-57(75)15-11-13-42(5)70)23-26-55(73)66-27-28-81-31-32-83-34-33-82-30-29-79-9/h12,16-18,20-22,25,36,40-41,43,47,49,52,54,58-60H,11,13-15,19,23-24,26-35,37-39H2,1-10H3,(H,66,73)(H,67,76)(H,68,74)(H,69,75)/b16-12+/t43-,47+,49+,52-,54-,58-,59+,60+/m0/s1. The van der Waals surface area contributed by atoms with Gasteiger partial charge in [0.05, 0.1) is 75.9 Å². The molecule has 4 rings (SSSR count). The van der Waals surface area contributed by atoms with Crippen molar-refractivity contribution in [1.82, 2.24) is 21.3 Å². The summed E-state index contributed by atoms with van der Waals surface area (Å²) in [5.41, 5.74) is 1.03. The summed E-state index contributed by atoms with van der Waals surface area (Å²) < 4.78 is 44.9. The first-order chi connectivity index (χ1) is 40.9. The van der Waals surface area contributed by atoms with E-state index >= 15 is 0 Å². The zero-order valence-corrected chi connectivity index (χ0v) is 52.7. The fraction of sp³-hybridized carbons (Fsp3) is 0.641. The molecule has 2 aromatic rings. The van der Waals surface area contributed by atoms with E-state index in [-0.39, 0.29) is 118 Å². The van der Waals surface area contributed by atoms with Crippen LogP contribution in [0.3, 0.4) is 0 Å². The van der Waals surface area contributed by atoms with E-state index in [1.165, 1.54) is 20.1 Å². The summed E-state index contributed by atoms with van der Waals surface area (Å²) in [7, 11) is 3.09. The molecule has 0 saturated carbocycles. The summed E-state index contributed by atoms with van der Waals surface area (Å²) in [6.07, 6.45) is 1.22. The average Bonchev–Trinajstić information content (AvgIpc) is 3.88. The second kappa shape index (κ2) is 37.6. The third-order valence-corrected chi connectivity index (χ3v) is 15.2. The minimum absolute atomic E-state index is 0.0196. The molecule has 1 fully saturated rings. The number of cyclic esters (lactones) is 2. The number of benzene rings is 2. The second-order valence-electron chi connectivity index (χ2n) is 23.5. The van der Waals surface area contributed by atoms with Gasteiger partial charge in [-0.15, -0.1) is 0 Å². The number of ether oxygens (including phenoxy) is 8. The summed E-state index contributed by atoms with van der Waals surface area (Å²) in [5, 5.41) is 11.5. The lowest BCUT2D eigenvalue weighted by Gasteiger charge is -2.29. The molecule has 0 aliphatic carbocycles. The molecule has 22 heteroatoms. The van der Waals surface area contributed by atoms with Gasteiger partial charge in [-0.25, -0.2) is 4.79 Å². The summed E-state index contributed by atoms with van der Waals surface area (Å²) in [4.78, 5) is 120. The van der Waals surface area contributed by atoms with Crippen LogP contribution >= 0.6 is 11.6 Å². The van der Waals surface area contributed by atoms with Crippen molar-refractivity contribution in [1.29, 1.82) is 0 Å². The van der Waals surface area contributed by atoms with Gasteiger partial charge in [0.25, 0.3) is 0 Å². The van der Waals surface area contributed by atoms with E-state index in [0.29, 0.717) is 68.8 Å². The normalized spacial score (nSPS) is 20.6. The van der Waals surface area contributed by atoms with E-state index in [2.05, 4.69) is 21.3 Å². The number of nitrogens with one attached hydrogen (secondary N) is 4. The number of esters is 2. The zero-order chi connectivity index (χ0) is 63.3. The first-order valence-corrected chi connectivity index (χ1v) is 30.4. The molecule has 2 aliphatic heterocycles. The predicted octanol–water partition coefficient (Wildman–Crippen LogP) is 6.69. The van der Waals surface area contributed by atoms with Crippen LogP contribution in [0.2, 0.25) is 5.02 Å². The Morgan fingerprint density at radius 3 is 2.08 bits per heavy atom. The molecule has 1 saturated heterocycles. The Morgan fingerprint density at radius 1 is 0.791 bits per heavy atom. The van der Waals surface area contributed by atoms with Crippen LogP contribution in [0.4, 0.5) is 0 Å². The monoisotopic (exact) mass is 1220 g/mol. The van der Waals surface area contributed by atoms with Gasteiger partial charge in [-0.05, 0) is 93.2 Å². The molecule has 4 amide bonds. The molecular weight excluding hydrogens is 1130 g/mol. The maximum atomic E-state index is 14.1. The zero-order valence-electron chi connectivity index (χ0n) is 51.9. The maximum Gasteiger partial charge on any atom is 0.347 e. The first-order valence-electron chi connectivity index (χ1n) is 30.0. The number of hydrogen-bond acceptors (Lipinski definition) is 17. The van der Waals surface area contributed by atoms with Crippen LogP contribution in [0.25, 0.3) is 0 Å². The van der Waals surface area contributed by atoms with Crippen molar-refractivity contribution in [2.75, 3.05) is 73.6 Å². The number of methoxy groups -OCH3 is 2. The molecule has 0 radical (unpaired) electrons. The molecule has 2 aromatic carbocycles. The highest BCUT2D eigenvalue weighted by molar-refractivity contribution is 6.32. The molecule has 0 spiro atoms. The number of rotatable bonds is 36. The molecular formula is C64H93ClN4O17. The van der Waals surface area contributed by atoms with Crippen molar-refractivity contribution in [2.45, 2.75) is 163 Å². The Balaban J connectivity index is 1.44. The summed E-state index contributed by atoms with van der Waals surface area (Å²) >= 11 is 6.40. The number of halogens is 1. The molecule has 86 heavy (non-hydrogen) atoms. The highest BCUT2D eigenvalue weighted by Crippen LogP contribution is 2.45. The Bertz CT molecular complexity index is 2570. The lowest BCUT2D eigenvalue weighted by atomic mass is 9.85. The van der Waals surface area contributed by atoms with Crippen LogP contribution < -0.4 is 26.0 Å². The number of carbonyl (C=O) groups excluding carboxylic acids is 9. The number of Topliss-reactive ketones (excluding diaryl/α,β-unsaturated/α-hetero) is 3. The van der Waals surface area contributed by atoms with E-state index in [9.17, 15) is 43.2 Å². The Kier molecular flexibility index (Phi) is 31.6. The highest BCUT2D eigenvalue weighted by Gasteiger charge is 2.48. The molecule has 2 heterocycles. The number of carbonyl (C=O) groups is 9. The van der Waals surface area contributed by atoms with Crippen molar-refractivity contribution >= 4 is 64.5 Å². The van der Waals surface area contributed by atoms with Crippen LogP contribution in [-0.4, -0.2) is 157 Å². The van der Waals surface area contributed by atoms with E-state index in [1.54, 1.807) is 59.1 Å². The SMILES string of the molecule is COCCOCCOCCOCCNC(=O)CC[C@H](CC(=O)[C@@H](NC(=O)CCCC(C)=O)C(C)C)C(=O)CCc1ccc([C@H]2O[C@@H]2[C@@H](C)[C@@H]2C/C=C/C(=O)N[C@H](Cc3ccc(OC)c(Cl)c3)C(=O)NCC(C)(C)C(=O)O[C@@H](CC(C)C)C(=O)O2)cc1. The van der Waals surface area contributed by atoms with Crippen LogP contribution in [0.5, 0.6) is 5.75 Å². The number of hydrogen-bond donors (Lipinski definition) is 4. The van der Waals surface area contributed by atoms with E-state index in [4.69, 9.17) is 49.5 Å². The topological polar surface area (TPSA) is 279 Å². The third kappa shape index (κ3) is 26.1. The largest absolute Gasteiger partial charge is 0.495 e. The fourth-order valence-electron chi connectivity index (χ4n) is 9.62. The van der Waals surface area contributed by atoms with Gasteiger partial charge in [0.1, 0.15) is 35.6 Å². The van der Waals surface area contributed by atoms with Gasteiger partial charge < -0.3 is 64.0 Å². The average molecular weight is 1230 g/mol. The Labute approximate surface area is 512 Å². The second-order valence-corrected chi connectivity index (χ2v) is 23.9. The van der Waals surface area contributed by atoms with Crippen molar-refractivity contribution in [2.24, 2.45) is 29.1 Å². The van der Waals surface area contributed by atoms with Crippen molar-refractivity contribution in [3.8, 4) is 5.75 Å². The van der Waals surface area contributed by atoms with Gasteiger partial charge in [-0.3, -0.25) is 33.6 Å². The first kappa shape index (κ1) is 72.4. The quantitative estimate of drug-likeness (QED) is 0.0314. The number of ketones is 3. The van der Waals surface area contributed by atoms with Gasteiger partial charge in [0.2, 0.25) is 23.6 Å². The van der Waals surface area contributed by atoms with E-state index < -0.39 is 77.5 Å².